The molecule has 0 saturated carbocycles. The average molecular weight is 306 g/mol. The van der Waals surface area contributed by atoms with E-state index in [4.69, 9.17) is 0 Å². The first kappa shape index (κ1) is 15.2. The van der Waals surface area contributed by atoms with Gasteiger partial charge in [0.1, 0.15) is 5.75 Å². The number of hydrogen-bond acceptors (Lipinski definition) is 4. The highest BCUT2D eigenvalue weighted by Gasteiger charge is 2.06. The van der Waals surface area contributed by atoms with E-state index in [1.165, 1.54) is 0 Å². The average Bonchev–Trinajstić information content (AvgIpc) is 2.48. The van der Waals surface area contributed by atoms with Crippen molar-refractivity contribution in [2.45, 2.75) is 13.5 Å². The molecule has 5 nitrogen and oxygen atoms in total. The van der Waals surface area contributed by atoms with Crippen LogP contribution in [0.15, 0.2) is 48.5 Å². The molecule has 0 bridgehead atoms. The second kappa shape index (κ2) is 6.49. The summed E-state index contributed by atoms with van der Waals surface area (Å²) in [5, 5.41) is 12.8. The first-order valence-corrected chi connectivity index (χ1v) is 8.26. The number of phenols is 1. The number of para-hydroxylation sites is 1. The fourth-order valence-electron chi connectivity index (χ4n) is 1.77. The van der Waals surface area contributed by atoms with Gasteiger partial charge in [-0.1, -0.05) is 18.2 Å². The summed E-state index contributed by atoms with van der Waals surface area (Å²) in [4.78, 5) is 0. The van der Waals surface area contributed by atoms with Crippen LogP contribution in [0.5, 0.6) is 5.75 Å². The highest BCUT2D eigenvalue weighted by atomic mass is 32.2. The highest BCUT2D eigenvalue weighted by molar-refractivity contribution is 7.92. The van der Waals surface area contributed by atoms with Crippen molar-refractivity contribution in [1.29, 1.82) is 0 Å². The molecule has 0 atom stereocenters. The Morgan fingerprint density at radius 3 is 2.24 bits per heavy atom. The van der Waals surface area contributed by atoms with Crippen LogP contribution < -0.4 is 10.0 Å². The Labute approximate surface area is 124 Å². The molecule has 112 valence electrons. The molecule has 2 aromatic rings. The van der Waals surface area contributed by atoms with Crippen LogP contribution in [0.1, 0.15) is 12.5 Å². The zero-order chi connectivity index (χ0) is 15.3. The van der Waals surface area contributed by atoms with Crippen LogP contribution in [0.4, 0.5) is 11.4 Å². The van der Waals surface area contributed by atoms with E-state index in [-0.39, 0.29) is 11.5 Å². The van der Waals surface area contributed by atoms with Gasteiger partial charge in [0.05, 0.1) is 5.75 Å². The Morgan fingerprint density at radius 2 is 1.62 bits per heavy atom. The highest BCUT2D eigenvalue weighted by Crippen LogP contribution is 2.19. The van der Waals surface area contributed by atoms with E-state index in [1.807, 2.05) is 12.1 Å². The second-order valence-corrected chi connectivity index (χ2v) is 6.58. The summed E-state index contributed by atoms with van der Waals surface area (Å²) in [6, 6.07) is 14.1. The van der Waals surface area contributed by atoms with Gasteiger partial charge in [-0.05, 0) is 37.3 Å². The van der Waals surface area contributed by atoms with E-state index in [0.717, 1.165) is 11.3 Å². The Kier molecular flexibility index (Phi) is 4.70. The Morgan fingerprint density at radius 1 is 1.00 bits per heavy atom. The lowest BCUT2D eigenvalue weighted by Crippen LogP contribution is -2.14. The molecule has 0 aromatic heterocycles. The number of hydrogen-bond donors (Lipinski definition) is 3. The SMILES string of the molecule is CCS(=O)(=O)Nc1ccc(NCc2ccccc2O)cc1. The zero-order valence-corrected chi connectivity index (χ0v) is 12.5. The summed E-state index contributed by atoms with van der Waals surface area (Å²) in [5.41, 5.74) is 2.18. The molecule has 0 heterocycles. The number of sulfonamides is 1. The van der Waals surface area contributed by atoms with Crippen LogP contribution >= 0.6 is 0 Å². The maximum absolute atomic E-state index is 11.4. The fourth-order valence-corrected chi connectivity index (χ4v) is 2.40. The molecule has 0 amide bonds. The molecule has 2 rings (SSSR count). The molecule has 0 aliphatic heterocycles. The van der Waals surface area contributed by atoms with Crippen LogP contribution in [-0.4, -0.2) is 19.3 Å². The molecule has 21 heavy (non-hydrogen) atoms. The third kappa shape index (κ3) is 4.39. The van der Waals surface area contributed by atoms with Crippen molar-refractivity contribution in [3.63, 3.8) is 0 Å². The van der Waals surface area contributed by atoms with Crippen molar-refractivity contribution in [1.82, 2.24) is 0 Å². The minimum Gasteiger partial charge on any atom is -0.508 e. The zero-order valence-electron chi connectivity index (χ0n) is 11.7. The minimum absolute atomic E-state index is 0.0419. The van der Waals surface area contributed by atoms with Gasteiger partial charge in [-0.2, -0.15) is 0 Å². The molecular weight excluding hydrogens is 288 g/mol. The van der Waals surface area contributed by atoms with Gasteiger partial charge < -0.3 is 10.4 Å². The summed E-state index contributed by atoms with van der Waals surface area (Å²) >= 11 is 0. The van der Waals surface area contributed by atoms with Gasteiger partial charge in [0, 0.05) is 23.5 Å². The van der Waals surface area contributed by atoms with Gasteiger partial charge in [0.15, 0.2) is 0 Å². The maximum atomic E-state index is 11.4. The standard InChI is InChI=1S/C15H18N2O3S/c1-2-21(19,20)17-14-9-7-13(8-10-14)16-11-12-5-3-4-6-15(12)18/h3-10,16-18H,2,11H2,1H3. The summed E-state index contributed by atoms with van der Waals surface area (Å²) in [6.07, 6.45) is 0. The molecule has 0 aliphatic carbocycles. The van der Waals surface area contributed by atoms with Crippen molar-refractivity contribution in [3.05, 3.63) is 54.1 Å². The molecule has 0 saturated heterocycles. The van der Waals surface area contributed by atoms with Gasteiger partial charge in [-0.15, -0.1) is 0 Å². The van der Waals surface area contributed by atoms with Gasteiger partial charge in [-0.3, -0.25) is 4.72 Å². The molecule has 2 aromatic carbocycles. The topological polar surface area (TPSA) is 78.4 Å². The maximum Gasteiger partial charge on any atom is 0.232 e. The van der Waals surface area contributed by atoms with Crippen molar-refractivity contribution >= 4 is 21.4 Å². The van der Waals surface area contributed by atoms with E-state index < -0.39 is 10.0 Å². The largest absolute Gasteiger partial charge is 0.508 e. The fraction of sp³-hybridized carbons (Fsp3) is 0.200. The van der Waals surface area contributed by atoms with E-state index in [2.05, 4.69) is 10.0 Å². The van der Waals surface area contributed by atoms with Gasteiger partial charge in [-0.25, -0.2) is 8.42 Å². The molecule has 6 heteroatoms. The lowest BCUT2D eigenvalue weighted by Gasteiger charge is -2.10. The van der Waals surface area contributed by atoms with Crippen LogP contribution in [0.2, 0.25) is 0 Å². The first-order valence-electron chi connectivity index (χ1n) is 6.61. The van der Waals surface area contributed by atoms with Crippen molar-refractivity contribution in [2.75, 3.05) is 15.8 Å². The predicted octanol–water partition coefficient (Wildman–Crippen LogP) is 2.77. The number of aromatic hydroxyl groups is 1. The third-order valence-corrected chi connectivity index (χ3v) is 4.32. The smallest absolute Gasteiger partial charge is 0.232 e. The Balaban J connectivity index is 1.98. The van der Waals surface area contributed by atoms with Gasteiger partial charge >= 0.3 is 0 Å². The Bertz CT molecular complexity index is 697. The molecular formula is C15H18N2O3S. The summed E-state index contributed by atoms with van der Waals surface area (Å²) in [6.45, 7) is 2.08. The number of benzene rings is 2. The summed E-state index contributed by atoms with van der Waals surface area (Å²) < 4.78 is 25.4. The van der Waals surface area contributed by atoms with Crippen LogP contribution in [0.25, 0.3) is 0 Å². The predicted molar refractivity (Wildman–Crippen MR) is 85.0 cm³/mol. The quantitative estimate of drug-likeness (QED) is 0.767. The Hall–Kier alpha value is -2.21. The van der Waals surface area contributed by atoms with E-state index in [0.29, 0.717) is 12.2 Å². The third-order valence-electron chi connectivity index (χ3n) is 3.01. The van der Waals surface area contributed by atoms with Crippen molar-refractivity contribution < 1.29 is 13.5 Å². The lowest BCUT2D eigenvalue weighted by atomic mass is 10.2. The number of rotatable bonds is 6. The van der Waals surface area contributed by atoms with Gasteiger partial charge in [0.25, 0.3) is 0 Å². The number of anilines is 2. The van der Waals surface area contributed by atoms with Crippen LogP contribution in [-0.2, 0) is 16.6 Å². The molecule has 0 radical (unpaired) electrons. The molecule has 0 fully saturated rings. The first-order chi connectivity index (χ1) is 10.00. The molecule has 0 unspecified atom stereocenters. The monoisotopic (exact) mass is 306 g/mol. The van der Waals surface area contributed by atoms with Crippen molar-refractivity contribution in [2.24, 2.45) is 0 Å². The second-order valence-electron chi connectivity index (χ2n) is 4.57. The van der Waals surface area contributed by atoms with E-state index in [9.17, 15) is 13.5 Å². The van der Waals surface area contributed by atoms with E-state index in [1.54, 1.807) is 43.3 Å². The number of phenolic OH excluding ortho intramolecular Hbond substituents is 1. The number of nitrogens with one attached hydrogen (secondary N) is 2. The molecule has 0 spiro atoms. The minimum atomic E-state index is -3.25. The van der Waals surface area contributed by atoms with Crippen LogP contribution in [0.3, 0.4) is 0 Å². The summed E-state index contributed by atoms with van der Waals surface area (Å²) in [5.74, 6) is 0.289. The van der Waals surface area contributed by atoms with E-state index >= 15 is 0 Å². The molecule has 3 N–H and O–H groups in total. The normalized spacial score (nSPS) is 11.1. The molecule has 0 aliphatic rings. The lowest BCUT2D eigenvalue weighted by molar-refractivity contribution is 0.469. The van der Waals surface area contributed by atoms with Crippen LogP contribution in [0, 0.1) is 0 Å². The summed E-state index contributed by atoms with van der Waals surface area (Å²) in [7, 11) is -3.25. The van der Waals surface area contributed by atoms with Crippen molar-refractivity contribution in [3.8, 4) is 5.75 Å². The van der Waals surface area contributed by atoms with Gasteiger partial charge in [0.2, 0.25) is 10.0 Å².